The van der Waals surface area contributed by atoms with Crippen molar-refractivity contribution in [2.24, 2.45) is 4.99 Å². The minimum absolute atomic E-state index is 0. The van der Waals surface area contributed by atoms with E-state index in [0.717, 1.165) is 22.6 Å². The monoisotopic (exact) mass is 1170 g/mol. The molecule has 5 unspecified atom stereocenters. The number of aliphatic imine (C=N–C) groups is 1. The van der Waals surface area contributed by atoms with Gasteiger partial charge in [0.2, 0.25) is 0 Å². The van der Waals surface area contributed by atoms with E-state index in [4.69, 9.17) is 83.8 Å². The van der Waals surface area contributed by atoms with E-state index in [9.17, 15) is 34.5 Å². The van der Waals surface area contributed by atoms with Crippen LogP contribution in [0.1, 0.15) is 57.4 Å². The van der Waals surface area contributed by atoms with Gasteiger partial charge < -0.3 is 50.8 Å². The maximum atomic E-state index is 12.6. The van der Waals surface area contributed by atoms with Gasteiger partial charge in [-0.15, -0.1) is 0 Å². The Morgan fingerprint density at radius 3 is 1.23 bits per heavy atom. The molecule has 5 aliphatic heterocycles. The van der Waals surface area contributed by atoms with Gasteiger partial charge in [0.1, 0.15) is 22.8 Å². The number of hydrogen-bond acceptors (Lipinski definition) is 12. The molecule has 1 fully saturated rings. The van der Waals surface area contributed by atoms with E-state index in [1.165, 1.54) is 19.2 Å². The van der Waals surface area contributed by atoms with Crippen molar-refractivity contribution < 1.29 is 67.3 Å². The number of carbonyl (C=O) groups is 4. The number of Topliss-reactive ketones (excluding diaryl/α,β-unsaturated/α-hetero) is 1. The predicted molar refractivity (Wildman–Crippen MR) is 284 cm³/mol. The summed E-state index contributed by atoms with van der Waals surface area (Å²) < 4.78 is 15.4. The molecule has 5 aliphatic rings. The minimum atomic E-state index is -2.06. The molecule has 11 rings (SSSR count). The number of ketones is 1. The summed E-state index contributed by atoms with van der Waals surface area (Å²) in [5, 5.41) is 46.0. The fourth-order valence-electron chi connectivity index (χ4n) is 9.42. The molecular weight excluding hydrogens is 1130 g/mol. The minimum Gasteiger partial charge on any atom is -0.497 e. The smallest absolute Gasteiger partial charge is 0.261 e. The number of anilines is 3. The van der Waals surface area contributed by atoms with Crippen molar-refractivity contribution >= 4 is 116 Å². The van der Waals surface area contributed by atoms with E-state index in [0.29, 0.717) is 55.4 Å². The number of ether oxygens (including phenoxy) is 3. The number of nitrogens with one attached hydrogen (secondary N) is 4. The Kier molecular flexibility index (Phi) is 15.8. The average molecular weight is 1170 g/mol. The van der Waals surface area contributed by atoms with Gasteiger partial charge in [-0.25, -0.2) is 0 Å². The number of aliphatic hydroxyl groups is 3. The molecule has 15 nitrogen and oxygen atoms in total. The Labute approximate surface area is 471 Å². The van der Waals surface area contributed by atoms with Crippen LogP contribution in [-0.2, 0) is 60.8 Å². The van der Waals surface area contributed by atoms with Gasteiger partial charge in [0.05, 0.1) is 65.4 Å². The number of methoxy groups -OCH3 is 3. The topological polar surface area (TPSA) is 227 Å². The van der Waals surface area contributed by atoms with Crippen LogP contribution in [-0.4, -0.2) is 72.9 Å². The van der Waals surface area contributed by atoms with Gasteiger partial charge in [-0.1, -0.05) is 93.9 Å². The number of rotatable bonds is 12. The molecular formula is C53H43Cl6N5O10V. The van der Waals surface area contributed by atoms with Crippen molar-refractivity contribution in [2.45, 2.75) is 47.1 Å². The Bertz CT molecular complexity index is 3180. The van der Waals surface area contributed by atoms with Crippen LogP contribution in [0, 0.1) is 0 Å². The van der Waals surface area contributed by atoms with Gasteiger partial charge in [-0.05, 0) is 96.1 Å². The van der Waals surface area contributed by atoms with Crippen LogP contribution < -0.4 is 35.5 Å². The predicted octanol–water partition coefficient (Wildman–Crippen LogP) is 9.95. The summed E-state index contributed by atoms with van der Waals surface area (Å²) >= 11 is 37.0. The molecule has 75 heavy (non-hydrogen) atoms. The zero-order valence-electron chi connectivity index (χ0n) is 39.7. The second-order valence-electron chi connectivity index (χ2n) is 18.0. The third-order valence-corrected chi connectivity index (χ3v) is 15.5. The van der Waals surface area contributed by atoms with Crippen molar-refractivity contribution in [2.75, 3.05) is 43.8 Å². The van der Waals surface area contributed by atoms with Crippen molar-refractivity contribution in [3.63, 3.8) is 0 Å². The molecule has 5 heterocycles. The normalized spacial score (nSPS) is 23.8. The van der Waals surface area contributed by atoms with Crippen LogP contribution in [0.2, 0.25) is 30.1 Å². The molecule has 22 heteroatoms. The number of carbonyl (C=O) groups excluding carboxylic acids is 4. The molecule has 0 saturated carbocycles. The Balaban J connectivity index is 0.000000148. The molecule has 1 radical (unpaired) electrons. The molecule has 3 amide bonds. The maximum absolute atomic E-state index is 12.6. The zero-order valence-corrected chi connectivity index (χ0v) is 45.6. The molecule has 6 aromatic carbocycles. The molecule has 5 atom stereocenters. The van der Waals surface area contributed by atoms with Crippen molar-refractivity contribution in [1.82, 2.24) is 5.32 Å². The second-order valence-corrected chi connectivity index (χ2v) is 20.5. The molecule has 7 N–H and O–H groups in total. The standard InChI is InChI=1S/C18H16Cl2N2O3.C18H14Cl2N2O3.C17H13Cl2NO4.V/c2*1-25-11-4-2-10(3-5-11)17(9-21-17)8-18(24)14-12(19)6-7-13(20)15(14)22-16(18)23;1-24-10-4-2-9(3-5-10)13(21)8-17(23)14-11(18)6-7-12(19)15(14)20-16(17)22;/h2-7,21,24H,8-9H2,1H3,(H,22,23);2-7,9,24H,8H2,1H3,(H,22,23);2-7,23H,8H2,1H3,(H,20,22);. The SMILES string of the molecule is COc1ccc(C(=O)CC2(O)C(=O)Nc3c(Cl)ccc(Cl)c32)cc1.COc1ccc(C2(CC3(O)C(=O)Nc4c(Cl)ccc(Cl)c43)C=N2)cc1.COc1ccc(C2(CC3(O)C(=O)Nc4c(Cl)ccc(Cl)c43)CN2)cc1.[V]. The van der Waals surface area contributed by atoms with Crippen LogP contribution in [0.3, 0.4) is 0 Å². The summed E-state index contributed by atoms with van der Waals surface area (Å²) in [6.07, 6.45) is 1.48. The zero-order chi connectivity index (χ0) is 53.1. The van der Waals surface area contributed by atoms with Crippen molar-refractivity contribution in [3.8, 4) is 17.2 Å². The quantitative estimate of drug-likeness (QED) is 0.0451. The molecule has 0 aliphatic carbocycles. The summed E-state index contributed by atoms with van der Waals surface area (Å²) in [5.41, 5.74) is -2.93. The second kappa shape index (κ2) is 21.2. The molecule has 0 bridgehead atoms. The van der Waals surface area contributed by atoms with E-state index in [-0.39, 0.29) is 57.7 Å². The molecule has 1 saturated heterocycles. The van der Waals surface area contributed by atoms with Gasteiger partial charge in [0, 0.05) is 81.5 Å². The Hall–Kier alpha value is -5.37. The van der Waals surface area contributed by atoms with Crippen LogP contribution in [0.15, 0.2) is 114 Å². The first-order valence-corrected chi connectivity index (χ1v) is 24.8. The van der Waals surface area contributed by atoms with Crippen LogP contribution in [0.5, 0.6) is 17.2 Å². The van der Waals surface area contributed by atoms with Gasteiger partial charge >= 0.3 is 0 Å². The van der Waals surface area contributed by atoms with E-state index in [2.05, 4.69) is 26.3 Å². The Morgan fingerprint density at radius 2 is 0.853 bits per heavy atom. The fraction of sp³-hybridized carbons (Fsp3) is 0.226. The van der Waals surface area contributed by atoms with Gasteiger partial charge in [0.25, 0.3) is 17.7 Å². The summed E-state index contributed by atoms with van der Waals surface area (Å²) in [4.78, 5) is 54.2. The maximum Gasteiger partial charge on any atom is 0.261 e. The first kappa shape index (κ1) is 55.9. The van der Waals surface area contributed by atoms with Gasteiger partial charge in [-0.3, -0.25) is 24.2 Å². The number of benzene rings is 6. The number of fused-ring (bicyclic) bond motifs is 3. The third-order valence-electron chi connectivity index (χ3n) is 13.6. The summed E-state index contributed by atoms with van der Waals surface area (Å²) in [6, 6.07) is 30.7. The van der Waals surface area contributed by atoms with E-state index in [1.54, 1.807) is 69.0 Å². The molecule has 387 valence electrons. The third kappa shape index (κ3) is 10.2. The molecule has 0 spiro atoms. The Morgan fingerprint density at radius 1 is 0.520 bits per heavy atom. The van der Waals surface area contributed by atoms with Crippen LogP contribution in [0.25, 0.3) is 0 Å². The number of halogens is 6. The van der Waals surface area contributed by atoms with E-state index in [1.807, 2.05) is 48.5 Å². The molecule has 6 aromatic rings. The van der Waals surface area contributed by atoms with Crippen LogP contribution in [0.4, 0.5) is 17.1 Å². The van der Waals surface area contributed by atoms with E-state index >= 15 is 0 Å². The van der Waals surface area contributed by atoms with Gasteiger partial charge in [0.15, 0.2) is 22.6 Å². The number of nitrogens with zero attached hydrogens (tertiary/aromatic N) is 1. The first-order chi connectivity index (χ1) is 35.2. The average Bonchev–Trinajstić information content (AvgIpc) is 4.29. The van der Waals surface area contributed by atoms with E-state index < -0.39 is 57.8 Å². The first-order valence-electron chi connectivity index (χ1n) is 22.5. The molecule has 0 aromatic heterocycles. The van der Waals surface area contributed by atoms with Crippen molar-refractivity contribution in [3.05, 3.63) is 173 Å². The van der Waals surface area contributed by atoms with Gasteiger partial charge in [-0.2, -0.15) is 0 Å². The summed E-state index contributed by atoms with van der Waals surface area (Å²) in [7, 11) is 4.71. The summed E-state index contributed by atoms with van der Waals surface area (Å²) in [5.74, 6) is -0.133. The van der Waals surface area contributed by atoms with Crippen LogP contribution >= 0.6 is 69.6 Å². The van der Waals surface area contributed by atoms with Crippen molar-refractivity contribution in [1.29, 1.82) is 0 Å². The largest absolute Gasteiger partial charge is 0.497 e. The number of amides is 3. The fourth-order valence-corrected chi connectivity index (χ4v) is 11.0. The number of hydrogen-bond donors (Lipinski definition) is 7. The summed E-state index contributed by atoms with van der Waals surface area (Å²) in [6.45, 7) is 0.655.